The van der Waals surface area contributed by atoms with E-state index in [0.717, 1.165) is 70.6 Å². The molecular weight excluding hydrogens is 779 g/mol. The van der Waals surface area contributed by atoms with Crippen LogP contribution < -0.4 is 0 Å². The Labute approximate surface area is 354 Å². The zero-order valence-electron chi connectivity index (χ0n) is 36.0. The van der Waals surface area contributed by atoms with E-state index in [-0.39, 0.29) is 12.8 Å². The Morgan fingerprint density at radius 3 is 1.51 bits per heavy atom. The Morgan fingerprint density at radius 2 is 0.966 bits per heavy atom. The molecule has 1 saturated carbocycles. The maximum atomic E-state index is 12.8. The quantitative estimate of drug-likeness (QED) is 0.0152. The number of unbranched alkanes of at least 4 members (excludes halogenated alkanes) is 16. The van der Waals surface area contributed by atoms with Crippen LogP contribution in [0.1, 0.15) is 168 Å². The average Bonchev–Trinajstić information content (AvgIpc) is 3.21. The van der Waals surface area contributed by atoms with Crippen molar-refractivity contribution in [3.63, 3.8) is 0 Å². The third-order valence-electron chi connectivity index (χ3n) is 10.2. The summed E-state index contributed by atoms with van der Waals surface area (Å²) in [4.78, 5) is 35.6. The van der Waals surface area contributed by atoms with Gasteiger partial charge in [-0.15, -0.1) is 0 Å². The molecule has 1 aliphatic rings. The van der Waals surface area contributed by atoms with Crippen LogP contribution in [-0.2, 0) is 32.7 Å². The number of hydrogen-bond acceptors (Lipinski definition) is 12. The number of esters is 2. The van der Waals surface area contributed by atoms with Crippen LogP contribution in [0.3, 0.4) is 0 Å². The van der Waals surface area contributed by atoms with Crippen LogP contribution in [-0.4, -0.2) is 98.3 Å². The van der Waals surface area contributed by atoms with Crippen molar-refractivity contribution in [2.45, 2.75) is 211 Å². The summed E-state index contributed by atoms with van der Waals surface area (Å²) in [6, 6.07) is 0. The molecule has 0 radical (unpaired) electrons. The van der Waals surface area contributed by atoms with Gasteiger partial charge < -0.3 is 39.9 Å². The lowest BCUT2D eigenvalue weighted by molar-refractivity contribution is -0.220. The largest absolute Gasteiger partial charge is 0.472 e. The van der Waals surface area contributed by atoms with Crippen molar-refractivity contribution in [1.29, 1.82) is 0 Å². The van der Waals surface area contributed by atoms with Gasteiger partial charge >= 0.3 is 19.8 Å². The summed E-state index contributed by atoms with van der Waals surface area (Å²) in [5.41, 5.74) is 0. The van der Waals surface area contributed by atoms with Crippen molar-refractivity contribution in [1.82, 2.24) is 0 Å². The molecule has 6 atom stereocenters. The number of rotatable bonds is 36. The number of ether oxygens (including phenoxy) is 2. The number of phosphoric acid groups is 1. The number of aliphatic hydroxyl groups is 5. The zero-order chi connectivity index (χ0) is 43.6. The summed E-state index contributed by atoms with van der Waals surface area (Å²) in [5.74, 6) is -1.14. The zero-order valence-corrected chi connectivity index (χ0v) is 36.9. The monoisotopic (exact) mass is 859 g/mol. The standard InChI is InChI=1S/C45H79O13P/c1-3-5-7-9-11-13-15-17-18-19-20-22-23-25-27-29-31-33-38(46)55-35-37(36-56-59(53,54)58-45-43(51)41(49)40(48)42(50)44(45)52)57-39(47)34-32-30-28-26-24-21-16-14-12-10-8-6-4-2/h6,8,12,14,17-18,21,24,37,40-45,48-52H,3-5,7,9-11,13,15-16,19-20,22-23,25-36H2,1-2H3,(H,53,54)/b8-6-,14-12-,18-17-,24-21-. The van der Waals surface area contributed by atoms with E-state index in [1.807, 2.05) is 0 Å². The summed E-state index contributed by atoms with van der Waals surface area (Å²) in [5, 5.41) is 50.1. The molecule has 6 N–H and O–H groups in total. The van der Waals surface area contributed by atoms with Crippen molar-refractivity contribution < 1.29 is 63.1 Å². The predicted octanol–water partition coefficient (Wildman–Crippen LogP) is 8.39. The SMILES string of the molecule is CC/C=C\C/C=C\C/C=C\CCCCCC(=O)OC(COC(=O)CCCCCCCCC/C=C\CCCCCCCC)COP(=O)(O)OC1C(O)C(O)C(O)C(O)C1O. The third kappa shape index (κ3) is 28.1. The first-order valence-corrected chi connectivity index (χ1v) is 23.9. The van der Waals surface area contributed by atoms with Gasteiger partial charge in [-0.3, -0.25) is 18.6 Å². The van der Waals surface area contributed by atoms with Crippen molar-refractivity contribution in [2.75, 3.05) is 13.2 Å². The second-order valence-corrected chi connectivity index (χ2v) is 16.9. The number of allylic oxidation sites excluding steroid dienone is 8. The van der Waals surface area contributed by atoms with E-state index in [1.54, 1.807) is 0 Å². The van der Waals surface area contributed by atoms with Gasteiger partial charge in [0.2, 0.25) is 0 Å². The van der Waals surface area contributed by atoms with Crippen molar-refractivity contribution in [3.05, 3.63) is 48.6 Å². The van der Waals surface area contributed by atoms with E-state index in [9.17, 15) is 44.6 Å². The van der Waals surface area contributed by atoms with Gasteiger partial charge in [0, 0.05) is 12.8 Å². The van der Waals surface area contributed by atoms with Crippen molar-refractivity contribution in [2.24, 2.45) is 0 Å². The molecule has 342 valence electrons. The molecule has 0 aromatic heterocycles. The molecule has 59 heavy (non-hydrogen) atoms. The van der Waals surface area contributed by atoms with Gasteiger partial charge in [-0.1, -0.05) is 133 Å². The number of aliphatic hydroxyl groups excluding tert-OH is 5. The molecule has 14 heteroatoms. The summed E-state index contributed by atoms with van der Waals surface area (Å²) < 4.78 is 33.4. The van der Waals surface area contributed by atoms with Gasteiger partial charge in [0.05, 0.1) is 6.61 Å². The Bertz CT molecular complexity index is 1220. The summed E-state index contributed by atoms with van der Waals surface area (Å²) in [7, 11) is -5.13. The lowest BCUT2D eigenvalue weighted by Gasteiger charge is -2.41. The van der Waals surface area contributed by atoms with Crippen molar-refractivity contribution >= 4 is 19.8 Å². The van der Waals surface area contributed by atoms with Crippen LogP contribution in [0.15, 0.2) is 48.6 Å². The lowest BCUT2D eigenvalue weighted by Crippen LogP contribution is -2.64. The second-order valence-electron chi connectivity index (χ2n) is 15.5. The highest BCUT2D eigenvalue weighted by atomic mass is 31.2. The van der Waals surface area contributed by atoms with Gasteiger partial charge in [-0.05, 0) is 70.6 Å². The van der Waals surface area contributed by atoms with Crippen LogP contribution >= 0.6 is 7.82 Å². The Kier molecular flexibility index (Phi) is 32.9. The smallest absolute Gasteiger partial charge is 0.462 e. The molecule has 6 unspecified atom stereocenters. The van der Waals surface area contributed by atoms with E-state index < -0.39 is 75.7 Å². The third-order valence-corrected chi connectivity index (χ3v) is 11.1. The fourth-order valence-corrected chi connectivity index (χ4v) is 7.50. The molecule has 0 aliphatic heterocycles. The fraction of sp³-hybridized carbons (Fsp3) is 0.778. The Hall–Kier alpha value is -2.19. The van der Waals surface area contributed by atoms with Crippen LogP contribution in [0, 0.1) is 0 Å². The average molecular weight is 859 g/mol. The molecule has 0 aromatic rings. The summed E-state index contributed by atoms with van der Waals surface area (Å²) in [6.07, 6.45) is 27.5. The minimum absolute atomic E-state index is 0.0595. The van der Waals surface area contributed by atoms with Crippen LogP contribution in [0.25, 0.3) is 0 Å². The maximum Gasteiger partial charge on any atom is 0.472 e. The predicted molar refractivity (Wildman–Crippen MR) is 230 cm³/mol. The summed E-state index contributed by atoms with van der Waals surface area (Å²) >= 11 is 0. The minimum atomic E-state index is -5.13. The van der Waals surface area contributed by atoms with Crippen molar-refractivity contribution in [3.8, 4) is 0 Å². The highest BCUT2D eigenvalue weighted by molar-refractivity contribution is 7.47. The van der Waals surface area contributed by atoms with Gasteiger partial charge in [-0.2, -0.15) is 0 Å². The van der Waals surface area contributed by atoms with Gasteiger partial charge in [0.1, 0.15) is 43.2 Å². The molecule has 0 saturated heterocycles. The molecule has 0 amide bonds. The van der Waals surface area contributed by atoms with E-state index in [1.165, 1.54) is 57.8 Å². The lowest BCUT2D eigenvalue weighted by atomic mass is 9.85. The molecule has 0 spiro atoms. The maximum absolute atomic E-state index is 12.8. The molecular formula is C45H79O13P. The molecule has 1 fully saturated rings. The second kappa shape index (κ2) is 35.4. The first-order chi connectivity index (χ1) is 28.4. The van der Waals surface area contributed by atoms with E-state index in [2.05, 4.69) is 62.5 Å². The topological polar surface area (TPSA) is 210 Å². The Balaban J connectivity index is 2.48. The number of carbonyl (C=O) groups excluding carboxylic acids is 2. The highest BCUT2D eigenvalue weighted by Gasteiger charge is 2.51. The Morgan fingerprint density at radius 1 is 0.542 bits per heavy atom. The van der Waals surface area contributed by atoms with Gasteiger partial charge in [0.15, 0.2) is 6.10 Å². The molecule has 0 aromatic carbocycles. The molecule has 0 bridgehead atoms. The van der Waals surface area contributed by atoms with Crippen LogP contribution in [0.5, 0.6) is 0 Å². The first-order valence-electron chi connectivity index (χ1n) is 22.4. The van der Waals surface area contributed by atoms with E-state index in [4.69, 9.17) is 18.5 Å². The van der Waals surface area contributed by atoms with Gasteiger partial charge in [-0.25, -0.2) is 4.57 Å². The molecule has 1 aliphatic carbocycles. The first kappa shape index (κ1) is 54.8. The van der Waals surface area contributed by atoms with E-state index in [0.29, 0.717) is 12.8 Å². The number of phosphoric ester groups is 1. The molecule has 13 nitrogen and oxygen atoms in total. The summed E-state index contributed by atoms with van der Waals surface area (Å²) in [6.45, 7) is 3.14. The number of carbonyl (C=O) groups is 2. The molecule has 0 heterocycles. The number of hydrogen-bond donors (Lipinski definition) is 6. The van der Waals surface area contributed by atoms with Crippen LogP contribution in [0.4, 0.5) is 0 Å². The normalized spacial score (nSPS) is 22.8. The van der Waals surface area contributed by atoms with Gasteiger partial charge in [0.25, 0.3) is 0 Å². The highest BCUT2D eigenvalue weighted by Crippen LogP contribution is 2.47. The minimum Gasteiger partial charge on any atom is -0.462 e. The fourth-order valence-electron chi connectivity index (χ4n) is 6.53. The molecule has 1 rings (SSSR count). The van der Waals surface area contributed by atoms with E-state index >= 15 is 0 Å². The van der Waals surface area contributed by atoms with Crippen LogP contribution in [0.2, 0.25) is 0 Å².